The Labute approximate surface area is 212 Å². The number of thiazole rings is 1. The predicted octanol–water partition coefficient (Wildman–Crippen LogP) is 5.79. The number of amides is 2. The van der Waals surface area contributed by atoms with Crippen LogP contribution in [0.4, 0.5) is 16.2 Å². The maximum absolute atomic E-state index is 13.3. The molecule has 0 bridgehead atoms. The van der Waals surface area contributed by atoms with Crippen molar-refractivity contribution in [3.8, 4) is 0 Å². The van der Waals surface area contributed by atoms with Crippen molar-refractivity contribution in [2.45, 2.75) is 63.8 Å². The zero-order valence-electron chi connectivity index (χ0n) is 20.5. The van der Waals surface area contributed by atoms with Crippen LogP contribution in [0.5, 0.6) is 0 Å². The molecule has 0 radical (unpaired) electrons. The van der Waals surface area contributed by atoms with Gasteiger partial charge in [0.2, 0.25) is 0 Å². The molecule has 3 fully saturated rings. The number of hydrogen-bond donors (Lipinski definition) is 1. The number of piperidine rings is 1. The van der Waals surface area contributed by atoms with E-state index in [0.717, 1.165) is 63.5 Å². The Bertz CT molecular complexity index is 1020. The van der Waals surface area contributed by atoms with E-state index >= 15 is 0 Å². The monoisotopic (exact) mass is 501 g/mol. The van der Waals surface area contributed by atoms with Crippen LogP contribution >= 0.6 is 22.9 Å². The van der Waals surface area contributed by atoms with E-state index in [1.54, 1.807) is 0 Å². The van der Waals surface area contributed by atoms with Crippen molar-refractivity contribution in [1.29, 1.82) is 0 Å². The van der Waals surface area contributed by atoms with Gasteiger partial charge in [-0.2, -0.15) is 0 Å². The van der Waals surface area contributed by atoms with Crippen LogP contribution in [0.1, 0.15) is 63.1 Å². The van der Waals surface area contributed by atoms with Crippen LogP contribution in [0.25, 0.3) is 0 Å². The van der Waals surface area contributed by atoms with Gasteiger partial charge in [0.05, 0.1) is 27.1 Å². The molecule has 184 valence electrons. The van der Waals surface area contributed by atoms with Gasteiger partial charge >= 0.3 is 6.03 Å². The molecular weight excluding hydrogens is 466 g/mol. The highest BCUT2D eigenvalue weighted by molar-refractivity contribution is 7.09. The van der Waals surface area contributed by atoms with Crippen molar-refractivity contribution >= 4 is 40.3 Å². The first kappa shape index (κ1) is 23.9. The van der Waals surface area contributed by atoms with Gasteiger partial charge in [0.15, 0.2) is 0 Å². The third-order valence-electron chi connectivity index (χ3n) is 7.83. The third kappa shape index (κ3) is 4.93. The van der Waals surface area contributed by atoms with Crippen molar-refractivity contribution in [1.82, 2.24) is 14.8 Å². The van der Waals surface area contributed by atoms with E-state index in [4.69, 9.17) is 16.6 Å². The number of benzene rings is 1. The molecule has 0 atom stereocenters. The molecule has 3 heterocycles. The highest BCUT2D eigenvalue weighted by Gasteiger charge is 2.37. The Kier molecular flexibility index (Phi) is 6.79. The summed E-state index contributed by atoms with van der Waals surface area (Å²) in [6, 6.07) is 6.39. The normalized spacial score (nSPS) is 21.2. The van der Waals surface area contributed by atoms with Crippen molar-refractivity contribution in [2.75, 3.05) is 49.5 Å². The van der Waals surface area contributed by atoms with Crippen LogP contribution < -0.4 is 10.2 Å². The number of carbonyl (C=O) groups is 1. The summed E-state index contributed by atoms with van der Waals surface area (Å²) in [7, 11) is 0. The topological polar surface area (TPSA) is 51.7 Å². The number of likely N-dealkylation sites (tertiary alicyclic amines) is 1. The lowest BCUT2D eigenvalue weighted by atomic mass is 9.78. The molecule has 1 N–H and O–H groups in total. The number of urea groups is 1. The van der Waals surface area contributed by atoms with Crippen LogP contribution in [0, 0.1) is 0 Å². The SMILES string of the molecule is CC(C)N1CCN(c2cccc(Cl)c2NC(=O)N2CCC(C)(c3csc(C4CC4)n3)CC2)CC1. The highest BCUT2D eigenvalue weighted by atomic mass is 35.5. The minimum absolute atomic E-state index is 0.0477. The van der Waals surface area contributed by atoms with Crippen LogP contribution in [0.15, 0.2) is 23.6 Å². The fourth-order valence-electron chi connectivity index (χ4n) is 5.11. The molecular formula is C26H36ClN5OS. The van der Waals surface area contributed by atoms with Crippen LogP contribution in [0.2, 0.25) is 5.02 Å². The Balaban J connectivity index is 1.23. The number of nitrogens with zero attached hydrogens (tertiary/aromatic N) is 4. The van der Waals surface area contributed by atoms with Gasteiger partial charge in [0.25, 0.3) is 0 Å². The molecule has 34 heavy (non-hydrogen) atoms. The molecule has 8 heteroatoms. The fraction of sp³-hybridized carbons (Fsp3) is 0.615. The summed E-state index contributed by atoms with van der Waals surface area (Å²) < 4.78 is 0. The molecule has 2 amide bonds. The zero-order valence-corrected chi connectivity index (χ0v) is 22.1. The molecule has 2 aliphatic heterocycles. The second-order valence-corrected chi connectivity index (χ2v) is 11.9. The lowest BCUT2D eigenvalue weighted by Gasteiger charge is -2.40. The van der Waals surface area contributed by atoms with Crippen molar-refractivity contribution in [2.24, 2.45) is 0 Å². The predicted molar refractivity (Wildman–Crippen MR) is 142 cm³/mol. The molecule has 1 aromatic heterocycles. The van der Waals surface area contributed by atoms with Crippen molar-refractivity contribution < 1.29 is 4.79 Å². The molecule has 1 aromatic carbocycles. The molecule has 2 saturated heterocycles. The maximum Gasteiger partial charge on any atom is 0.321 e. The van der Waals surface area contributed by atoms with Crippen molar-refractivity contribution in [3.05, 3.63) is 39.3 Å². The zero-order chi connectivity index (χ0) is 23.9. The van der Waals surface area contributed by atoms with Gasteiger partial charge < -0.3 is 15.1 Å². The van der Waals surface area contributed by atoms with Gasteiger partial charge in [-0.25, -0.2) is 9.78 Å². The maximum atomic E-state index is 13.3. The molecule has 0 spiro atoms. The van der Waals surface area contributed by atoms with Crippen molar-refractivity contribution in [3.63, 3.8) is 0 Å². The Morgan fingerprint density at radius 2 is 1.85 bits per heavy atom. The molecule has 0 unspecified atom stereocenters. The van der Waals surface area contributed by atoms with E-state index in [-0.39, 0.29) is 11.4 Å². The van der Waals surface area contributed by atoms with Gasteiger partial charge in [0, 0.05) is 62.0 Å². The molecule has 2 aromatic rings. The average molecular weight is 502 g/mol. The summed E-state index contributed by atoms with van der Waals surface area (Å²) in [6.45, 7) is 12.1. The van der Waals surface area contributed by atoms with Gasteiger partial charge in [-0.3, -0.25) is 4.90 Å². The first-order valence-electron chi connectivity index (χ1n) is 12.6. The van der Waals surface area contributed by atoms with Crippen LogP contribution in [-0.4, -0.2) is 66.1 Å². The van der Waals surface area contributed by atoms with E-state index in [1.165, 1.54) is 23.5 Å². The number of halogens is 1. The van der Waals surface area contributed by atoms with Crippen LogP contribution in [-0.2, 0) is 5.41 Å². The lowest BCUT2D eigenvalue weighted by Crippen LogP contribution is -2.49. The summed E-state index contributed by atoms with van der Waals surface area (Å²) in [6.07, 6.45) is 4.44. The summed E-state index contributed by atoms with van der Waals surface area (Å²) in [5.74, 6) is 0.700. The lowest BCUT2D eigenvalue weighted by molar-refractivity contribution is 0.173. The molecule has 1 aliphatic carbocycles. The Morgan fingerprint density at radius 3 is 2.50 bits per heavy atom. The molecule has 5 rings (SSSR count). The smallest absolute Gasteiger partial charge is 0.321 e. The van der Waals surface area contributed by atoms with E-state index in [0.29, 0.717) is 17.0 Å². The standard InChI is InChI=1S/C26H36ClN5OS/c1-18(2)30-13-15-31(16-14-30)21-6-4-5-20(27)23(21)29-25(33)32-11-9-26(3,10-12-32)22-17-34-24(28-22)19-7-8-19/h4-6,17-19H,7-16H2,1-3H3,(H,29,33). The number of piperazine rings is 1. The number of nitrogens with one attached hydrogen (secondary N) is 1. The summed E-state index contributed by atoms with van der Waals surface area (Å²) in [5, 5.41) is 7.30. The number of aromatic nitrogens is 1. The minimum Gasteiger partial charge on any atom is -0.367 e. The molecule has 6 nitrogen and oxygen atoms in total. The summed E-state index contributed by atoms with van der Waals surface area (Å²) in [5.41, 5.74) is 3.01. The first-order chi connectivity index (χ1) is 16.3. The summed E-state index contributed by atoms with van der Waals surface area (Å²) in [4.78, 5) is 25.0. The number of rotatable bonds is 5. The van der Waals surface area contributed by atoms with E-state index < -0.39 is 0 Å². The number of anilines is 2. The Hall–Kier alpha value is -1.83. The largest absolute Gasteiger partial charge is 0.367 e. The highest BCUT2D eigenvalue weighted by Crippen LogP contribution is 2.44. The van der Waals surface area contributed by atoms with Gasteiger partial charge in [-0.05, 0) is 51.7 Å². The Morgan fingerprint density at radius 1 is 1.15 bits per heavy atom. The molecule has 3 aliphatic rings. The second kappa shape index (κ2) is 9.67. The minimum atomic E-state index is -0.0610. The quantitative estimate of drug-likeness (QED) is 0.563. The summed E-state index contributed by atoms with van der Waals surface area (Å²) >= 11 is 8.40. The average Bonchev–Trinajstić information content (AvgIpc) is 3.56. The molecule has 1 saturated carbocycles. The van der Waals surface area contributed by atoms with E-state index in [9.17, 15) is 4.79 Å². The van der Waals surface area contributed by atoms with Gasteiger partial charge in [-0.15, -0.1) is 11.3 Å². The van der Waals surface area contributed by atoms with Crippen LogP contribution in [0.3, 0.4) is 0 Å². The van der Waals surface area contributed by atoms with E-state index in [1.807, 2.05) is 28.4 Å². The van der Waals surface area contributed by atoms with Gasteiger partial charge in [-0.1, -0.05) is 24.6 Å². The number of carbonyl (C=O) groups excluding carboxylic acids is 1. The van der Waals surface area contributed by atoms with Gasteiger partial charge in [0.1, 0.15) is 0 Å². The fourth-order valence-corrected chi connectivity index (χ4v) is 6.47. The number of hydrogen-bond acceptors (Lipinski definition) is 5. The van der Waals surface area contributed by atoms with E-state index in [2.05, 4.69) is 47.3 Å². The second-order valence-electron chi connectivity index (χ2n) is 10.6. The first-order valence-corrected chi connectivity index (χ1v) is 13.9. The number of para-hydroxylation sites is 1. The third-order valence-corrected chi connectivity index (χ3v) is 9.15.